The molecule has 0 aromatic carbocycles. The number of rotatable bonds is 2. The van der Waals surface area contributed by atoms with E-state index in [9.17, 15) is 0 Å². The van der Waals surface area contributed by atoms with Crippen molar-refractivity contribution in [1.29, 1.82) is 0 Å². The zero-order valence-corrected chi connectivity index (χ0v) is 14.0. The third kappa shape index (κ3) is 2.82. The maximum Gasteiger partial charge on any atom is 0.225 e. The van der Waals surface area contributed by atoms with Crippen molar-refractivity contribution < 1.29 is 4.74 Å². The second kappa shape index (κ2) is 4.81. The molecule has 1 fully saturated rings. The number of fused-ring (bicyclic) bond motifs is 1. The first-order chi connectivity index (χ1) is 9.80. The number of nitrogens with one attached hydrogen (secondary N) is 1. The van der Waals surface area contributed by atoms with Crippen molar-refractivity contribution in [2.75, 3.05) is 30.4 Å². The van der Waals surface area contributed by atoms with Gasteiger partial charge in [0.25, 0.3) is 0 Å². The van der Waals surface area contributed by atoms with Crippen LogP contribution in [0.25, 0.3) is 10.2 Å². The summed E-state index contributed by atoms with van der Waals surface area (Å²) in [5, 5.41) is 6.24. The van der Waals surface area contributed by atoms with E-state index in [0.29, 0.717) is 5.95 Å². The molecule has 1 saturated heterocycles. The summed E-state index contributed by atoms with van der Waals surface area (Å²) in [5.41, 5.74) is -0.399. The summed E-state index contributed by atoms with van der Waals surface area (Å²) < 4.78 is 6.16. The Morgan fingerprint density at radius 1 is 1.19 bits per heavy atom. The van der Waals surface area contributed by atoms with Gasteiger partial charge in [0.15, 0.2) is 0 Å². The first kappa shape index (κ1) is 14.5. The Labute approximate surface area is 129 Å². The van der Waals surface area contributed by atoms with Crippen LogP contribution < -0.4 is 10.2 Å². The Bertz CT molecular complexity index is 649. The zero-order chi connectivity index (χ0) is 15.3. The standard InChI is InChI=1S/C15H22N4OS/c1-14(2)8-19(9-15(3,4)20-14)11-10-6-7-21-12(10)18-13(16-5)17-11/h6-7H,8-9H2,1-5H3,(H,16,17,18). The largest absolute Gasteiger partial charge is 0.366 e. The normalized spacial score (nSPS) is 20.7. The van der Waals surface area contributed by atoms with Gasteiger partial charge in [0, 0.05) is 20.1 Å². The van der Waals surface area contributed by atoms with Crippen molar-refractivity contribution in [3.63, 3.8) is 0 Å². The second-order valence-corrected chi connectivity index (χ2v) is 7.63. The van der Waals surface area contributed by atoms with Crippen LogP contribution in [0.4, 0.5) is 11.8 Å². The van der Waals surface area contributed by atoms with Crippen LogP contribution in [0, 0.1) is 0 Å². The predicted octanol–water partition coefficient (Wildman–Crippen LogP) is 3.13. The number of hydrogen-bond donors (Lipinski definition) is 1. The number of morpholine rings is 1. The Morgan fingerprint density at radius 2 is 1.86 bits per heavy atom. The van der Waals surface area contributed by atoms with Gasteiger partial charge in [-0.2, -0.15) is 4.98 Å². The Kier molecular flexibility index (Phi) is 3.33. The maximum atomic E-state index is 6.16. The van der Waals surface area contributed by atoms with E-state index >= 15 is 0 Å². The van der Waals surface area contributed by atoms with Crippen LogP contribution in [0.15, 0.2) is 11.4 Å². The number of hydrogen-bond acceptors (Lipinski definition) is 6. The van der Waals surface area contributed by atoms with E-state index in [-0.39, 0.29) is 11.2 Å². The summed E-state index contributed by atoms with van der Waals surface area (Å²) in [7, 11) is 1.85. The summed E-state index contributed by atoms with van der Waals surface area (Å²) in [6.45, 7) is 10.2. The average Bonchev–Trinajstić information content (AvgIpc) is 2.81. The Balaban J connectivity index is 2.08. The topological polar surface area (TPSA) is 50.3 Å². The minimum atomic E-state index is -0.200. The summed E-state index contributed by atoms with van der Waals surface area (Å²) in [6.07, 6.45) is 0. The highest BCUT2D eigenvalue weighted by molar-refractivity contribution is 7.16. The maximum absolute atomic E-state index is 6.16. The van der Waals surface area contributed by atoms with E-state index in [1.165, 1.54) is 0 Å². The van der Waals surface area contributed by atoms with Crippen molar-refractivity contribution in [2.45, 2.75) is 38.9 Å². The summed E-state index contributed by atoms with van der Waals surface area (Å²) in [5.74, 6) is 1.66. The third-order valence-corrected chi connectivity index (χ3v) is 4.33. The molecule has 0 radical (unpaired) electrons. The van der Waals surface area contributed by atoms with Crippen LogP contribution in [0.5, 0.6) is 0 Å². The average molecular weight is 306 g/mol. The summed E-state index contributed by atoms with van der Waals surface area (Å²) in [4.78, 5) is 12.6. The molecule has 3 rings (SSSR count). The highest BCUT2D eigenvalue weighted by atomic mass is 32.1. The van der Waals surface area contributed by atoms with Crippen LogP contribution in [0.3, 0.4) is 0 Å². The van der Waals surface area contributed by atoms with E-state index in [2.05, 4.69) is 54.3 Å². The van der Waals surface area contributed by atoms with Gasteiger partial charge in [0.05, 0.1) is 16.6 Å². The van der Waals surface area contributed by atoms with Gasteiger partial charge in [-0.25, -0.2) is 4.98 Å². The van der Waals surface area contributed by atoms with Gasteiger partial charge in [-0.15, -0.1) is 11.3 Å². The van der Waals surface area contributed by atoms with Crippen LogP contribution in [0.1, 0.15) is 27.7 Å². The second-order valence-electron chi connectivity index (χ2n) is 6.74. The number of ether oxygens (including phenoxy) is 1. The molecule has 0 spiro atoms. The fourth-order valence-corrected chi connectivity index (χ4v) is 3.89. The van der Waals surface area contributed by atoms with Gasteiger partial charge in [0.2, 0.25) is 5.95 Å². The molecule has 0 unspecified atom stereocenters. The fourth-order valence-electron chi connectivity index (χ4n) is 3.13. The molecule has 0 bridgehead atoms. The lowest BCUT2D eigenvalue weighted by Gasteiger charge is -2.47. The van der Waals surface area contributed by atoms with Crippen molar-refractivity contribution >= 4 is 33.3 Å². The molecule has 1 N–H and O–H groups in total. The molecule has 114 valence electrons. The molecule has 0 saturated carbocycles. The lowest BCUT2D eigenvalue weighted by atomic mass is 9.99. The molecule has 3 heterocycles. The lowest BCUT2D eigenvalue weighted by Crippen LogP contribution is -2.57. The summed E-state index contributed by atoms with van der Waals surface area (Å²) >= 11 is 1.65. The molecular formula is C15H22N4OS. The molecule has 1 aliphatic rings. The number of nitrogens with zero attached hydrogens (tertiary/aromatic N) is 3. The third-order valence-electron chi connectivity index (χ3n) is 3.52. The molecular weight excluding hydrogens is 284 g/mol. The highest BCUT2D eigenvalue weighted by Gasteiger charge is 2.39. The monoisotopic (exact) mass is 306 g/mol. The first-order valence-electron chi connectivity index (χ1n) is 7.18. The molecule has 0 atom stereocenters. The minimum Gasteiger partial charge on any atom is -0.366 e. The van der Waals surface area contributed by atoms with Gasteiger partial charge in [-0.3, -0.25) is 0 Å². The fraction of sp³-hybridized carbons (Fsp3) is 0.600. The molecule has 1 aliphatic heterocycles. The predicted molar refractivity (Wildman–Crippen MR) is 88.4 cm³/mol. The van der Waals surface area contributed by atoms with E-state index in [1.54, 1.807) is 11.3 Å². The SMILES string of the molecule is CNc1nc(N2CC(C)(C)OC(C)(C)C2)c2ccsc2n1. The van der Waals surface area contributed by atoms with Crippen LogP contribution in [-0.2, 0) is 4.74 Å². The van der Waals surface area contributed by atoms with Crippen LogP contribution in [-0.4, -0.2) is 41.3 Å². The lowest BCUT2D eigenvalue weighted by molar-refractivity contribution is -0.133. The molecule has 6 heteroatoms. The molecule has 0 aliphatic carbocycles. The first-order valence-corrected chi connectivity index (χ1v) is 8.06. The van der Waals surface area contributed by atoms with E-state index in [1.807, 2.05) is 7.05 Å². The number of thiophene rings is 1. The molecule has 0 amide bonds. The molecule has 2 aromatic rings. The van der Waals surface area contributed by atoms with E-state index in [0.717, 1.165) is 29.1 Å². The smallest absolute Gasteiger partial charge is 0.225 e. The van der Waals surface area contributed by atoms with Gasteiger partial charge < -0.3 is 15.0 Å². The highest BCUT2D eigenvalue weighted by Crippen LogP contribution is 2.35. The van der Waals surface area contributed by atoms with Gasteiger partial charge in [-0.05, 0) is 39.1 Å². The summed E-state index contributed by atoms with van der Waals surface area (Å²) in [6, 6.07) is 2.10. The van der Waals surface area contributed by atoms with E-state index < -0.39 is 0 Å². The molecule has 21 heavy (non-hydrogen) atoms. The Morgan fingerprint density at radius 3 is 2.48 bits per heavy atom. The van der Waals surface area contributed by atoms with Crippen molar-refractivity contribution in [3.8, 4) is 0 Å². The van der Waals surface area contributed by atoms with Crippen molar-refractivity contribution in [3.05, 3.63) is 11.4 Å². The van der Waals surface area contributed by atoms with Gasteiger partial charge in [-0.1, -0.05) is 0 Å². The molecule has 5 nitrogen and oxygen atoms in total. The number of anilines is 2. The Hall–Kier alpha value is -1.40. The van der Waals surface area contributed by atoms with Crippen molar-refractivity contribution in [1.82, 2.24) is 9.97 Å². The number of aromatic nitrogens is 2. The van der Waals surface area contributed by atoms with Gasteiger partial charge >= 0.3 is 0 Å². The minimum absolute atomic E-state index is 0.200. The van der Waals surface area contributed by atoms with Gasteiger partial charge in [0.1, 0.15) is 10.6 Å². The zero-order valence-electron chi connectivity index (χ0n) is 13.2. The van der Waals surface area contributed by atoms with Crippen molar-refractivity contribution in [2.24, 2.45) is 0 Å². The quantitative estimate of drug-likeness (QED) is 0.924. The van der Waals surface area contributed by atoms with E-state index in [4.69, 9.17) is 9.72 Å². The molecule has 2 aromatic heterocycles. The van der Waals surface area contributed by atoms with Crippen LogP contribution >= 0.6 is 11.3 Å². The van der Waals surface area contributed by atoms with Crippen LogP contribution in [0.2, 0.25) is 0 Å².